The second kappa shape index (κ2) is 6.42. The van der Waals surface area contributed by atoms with E-state index < -0.39 is 0 Å². The summed E-state index contributed by atoms with van der Waals surface area (Å²) in [5, 5.41) is 2.14. The third-order valence-electron chi connectivity index (χ3n) is 5.04. The first-order chi connectivity index (χ1) is 11.3. The van der Waals surface area contributed by atoms with Gasteiger partial charge in [-0.15, -0.1) is 11.3 Å². The highest BCUT2D eigenvalue weighted by Crippen LogP contribution is 2.33. The van der Waals surface area contributed by atoms with E-state index in [0.29, 0.717) is 24.4 Å². The van der Waals surface area contributed by atoms with E-state index in [1.54, 1.807) is 12.4 Å². The van der Waals surface area contributed by atoms with Gasteiger partial charge < -0.3 is 4.90 Å². The molecule has 1 amide bonds. The lowest BCUT2D eigenvalue weighted by Crippen LogP contribution is -2.51. The quantitative estimate of drug-likeness (QED) is 0.866. The van der Waals surface area contributed by atoms with Crippen LogP contribution in [0.15, 0.2) is 42.0 Å². The van der Waals surface area contributed by atoms with Crippen LogP contribution in [-0.4, -0.2) is 39.3 Å². The lowest BCUT2D eigenvalue weighted by Gasteiger charge is -2.40. The zero-order chi connectivity index (χ0) is 15.6. The summed E-state index contributed by atoms with van der Waals surface area (Å²) in [6.07, 6.45) is 6.37. The molecule has 4 nitrogen and oxygen atoms in total. The molecule has 0 aliphatic carbocycles. The highest BCUT2D eigenvalue weighted by Gasteiger charge is 2.42. The number of carbonyl (C=O) groups is 1. The lowest BCUT2D eigenvalue weighted by molar-refractivity contribution is -0.138. The maximum Gasteiger partial charge on any atom is 0.223 e. The zero-order valence-corrected chi connectivity index (χ0v) is 13.9. The van der Waals surface area contributed by atoms with Gasteiger partial charge in [0.05, 0.1) is 0 Å². The number of hydrogen-bond donors (Lipinski definition) is 0. The molecule has 0 aromatic carbocycles. The summed E-state index contributed by atoms with van der Waals surface area (Å²) in [4.78, 5) is 22.6. The molecule has 0 unspecified atom stereocenters. The highest BCUT2D eigenvalue weighted by molar-refractivity contribution is 7.09. The lowest BCUT2D eigenvalue weighted by atomic mass is 9.95. The van der Waals surface area contributed by atoms with Gasteiger partial charge in [0.25, 0.3) is 0 Å². The molecule has 4 rings (SSSR count). The van der Waals surface area contributed by atoms with E-state index in [9.17, 15) is 4.79 Å². The minimum atomic E-state index is 0.307. The Morgan fingerprint density at radius 2 is 2.00 bits per heavy atom. The van der Waals surface area contributed by atoms with E-state index in [2.05, 4.69) is 32.3 Å². The molecule has 2 aromatic rings. The number of fused-ring (bicyclic) bond motifs is 1. The Bertz CT molecular complexity index is 658. The van der Waals surface area contributed by atoms with Gasteiger partial charge in [-0.3, -0.25) is 14.7 Å². The zero-order valence-electron chi connectivity index (χ0n) is 13.1. The Hall–Kier alpha value is -1.72. The van der Waals surface area contributed by atoms with Gasteiger partial charge in [0.2, 0.25) is 5.91 Å². The molecule has 2 aliphatic heterocycles. The molecule has 4 heterocycles. The Morgan fingerprint density at radius 1 is 1.13 bits per heavy atom. The Labute approximate surface area is 140 Å². The van der Waals surface area contributed by atoms with E-state index in [1.165, 1.54) is 10.4 Å². The fourth-order valence-electron chi connectivity index (χ4n) is 3.93. The monoisotopic (exact) mass is 327 g/mol. The fraction of sp³-hybridized carbons (Fsp3) is 0.444. The van der Waals surface area contributed by atoms with Crippen molar-refractivity contribution in [2.75, 3.05) is 6.54 Å². The van der Waals surface area contributed by atoms with Crippen LogP contribution >= 0.6 is 11.3 Å². The molecule has 2 saturated heterocycles. The number of aromatic nitrogens is 1. The summed E-state index contributed by atoms with van der Waals surface area (Å²) in [7, 11) is 0. The van der Waals surface area contributed by atoms with Gasteiger partial charge >= 0.3 is 0 Å². The minimum Gasteiger partial charge on any atom is -0.334 e. The predicted octanol–water partition coefficient (Wildman–Crippen LogP) is 2.91. The number of hydrogen-bond acceptors (Lipinski definition) is 4. The molecule has 0 bridgehead atoms. The standard InChI is InChI=1S/C18H21N3OS/c22-18-4-3-16-17(21(18)12-14-5-8-19-9-6-14)7-10-20(16)13-15-2-1-11-23-15/h1-2,5-6,8-9,11,16-17H,3-4,7,10,12-13H2/t16-,17-/m1/s1. The van der Waals surface area contributed by atoms with Gasteiger partial charge in [0, 0.05) is 55.4 Å². The third kappa shape index (κ3) is 3.03. The number of amides is 1. The number of piperidine rings is 1. The van der Waals surface area contributed by atoms with Crippen molar-refractivity contribution in [1.29, 1.82) is 0 Å². The molecule has 120 valence electrons. The van der Waals surface area contributed by atoms with Crippen molar-refractivity contribution in [3.05, 3.63) is 52.5 Å². The van der Waals surface area contributed by atoms with Crippen LogP contribution in [0.1, 0.15) is 29.7 Å². The number of pyridine rings is 1. The Balaban J connectivity index is 1.49. The van der Waals surface area contributed by atoms with Gasteiger partial charge in [0.15, 0.2) is 0 Å². The van der Waals surface area contributed by atoms with Crippen LogP contribution in [0.5, 0.6) is 0 Å². The average Bonchev–Trinajstić information content (AvgIpc) is 3.22. The van der Waals surface area contributed by atoms with Crippen LogP contribution in [0.25, 0.3) is 0 Å². The van der Waals surface area contributed by atoms with Crippen molar-refractivity contribution >= 4 is 17.2 Å². The maximum absolute atomic E-state index is 12.5. The van der Waals surface area contributed by atoms with Crippen molar-refractivity contribution in [2.24, 2.45) is 0 Å². The first-order valence-electron chi connectivity index (χ1n) is 8.26. The maximum atomic E-state index is 12.5. The summed E-state index contributed by atoms with van der Waals surface area (Å²) in [5.74, 6) is 0.307. The van der Waals surface area contributed by atoms with Crippen LogP contribution in [0, 0.1) is 0 Å². The fourth-order valence-corrected chi connectivity index (χ4v) is 4.66. The topological polar surface area (TPSA) is 36.4 Å². The van der Waals surface area contributed by atoms with Crippen molar-refractivity contribution < 1.29 is 4.79 Å². The van der Waals surface area contributed by atoms with Crippen LogP contribution in [0.4, 0.5) is 0 Å². The van der Waals surface area contributed by atoms with Gasteiger partial charge in [-0.05, 0) is 42.0 Å². The summed E-state index contributed by atoms with van der Waals surface area (Å²) in [6.45, 7) is 2.83. The van der Waals surface area contributed by atoms with Gasteiger partial charge in [-0.25, -0.2) is 0 Å². The van der Waals surface area contributed by atoms with E-state index in [4.69, 9.17) is 0 Å². The second-order valence-electron chi connectivity index (χ2n) is 6.39. The van der Waals surface area contributed by atoms with E-state index >= 15 is 0 Å². The Morgan fingerprint density at radius 3 is 2.78 bits per heavy atom. The molecule has 2 fully saturated rings. The average molecular weight is 327 g/mol. The first-order valence-corrected chi connectivity index (χ1v) is 9.14. The van der Waals surface area contributed by atoms with Gasteiger partial charge in [-0.1, -0.05) is 6.07 Å². The summed E-state index contributed by atoms with van der Waals surface area (Å²) in [6, 6.07) is 9.22. The van der Waals surface area contributed by atoms with Crippen molar-refractivity contribution in [2.45, 2.75) is 44.4 Å². The molecular weight excluding hydrogens is 306 g/mol. The highest BCUT2D eigenvalue weighted by atomic mass is 32.1. The molecule has 2 aromatic heterocycles. The molecule has 0 spiro atoms. The number of thiophene rings is 1. The van der Waals surface area contributed by atoms with Crippen LogP contribution in [0.3, 0.4) is 0 Å². The number of nitrogens with zero attached hydrogens (tertiary/aromatic N) is 3. The molecular formula is C18H21N3OS. The molecule has 5 heteroatoms. The van der Waals surface area contributed by atoms with Gasteiger partial charge in [-0.2, -0.15) is 0 Å². The van der Waals surface area contributed by atoms with E-state index in [1.807, 2.05) is 23.5 Å². The predicted molar refractivity (Wildman–Crippen MR) is 90.9 cm³/mol. The second-order valence-corrected chi connectivity index (χ2v) is 7.42. The SMILES string of the molecule is O=C1CC[C@@H]2[C@@H](CCN2Cc2cccs2)N1Cc1ccncc1. The number of rotatable bonds is 4. The Kier molecular flexibility index (Phi) is 4.14. The van der Waals surface area contributed by atoms with Crippen molar-refractivity contribution in [3.8, 4) is 0 Å². The summed E-state index contributed by atoms with van der Waals surface area (Å²) >= 11 is 1.82. The third-order valence-corrected chi connectivity index (χ3v) is 5.90. The molecule has 2 aliphatic rings. The number of carbonyl (C=O) groups excluding carboxylic acids is 1. The molecule has 0 saturated carbocycles. The van der Waals surface area contributed by atoms with E-state index in [0.717, 1.165) is 32.5 Å². The van der Waals surface area contributed by atoms with E-state index in [-0.39, 0.29) is 0 Å². The van der Waals surface area contributed by atoms with Crippen LogP contribution in [0.2, 0.25) is 0 Å². The largest absolute Gasteiger partial charge is 0.334 e. The van der Waals surface area contributed by atoms with Gasteiger partial charge in [0.1, 0.15) is 0 Å². The molecule has 2 atom stereocenters. The number of likely N-dealkylation sites (tertiary alicyclic amines) is 2. The van der Waals surface area contributed by atoms with Crippen molar-refractivity contribution in [1.82, 2.24) is 14.8 Å². The van der Waals surface area contributed by atoms with Crippen molar-refractivity contribution in [3.63, 3.8) is 0 Å². The molecule has 0 radical (unpaired) electrons. The normalized spacial score (nSPS) is 24.9. The minimum absolute atomic E-state index is 0.307. The van der Waals surface area contributed by atoms with Crippen LogP contribution in [-0.2, 0) is 17.9 Å². The van der Waals surface area contributed by atoms with Crippen LogP contribution < -0.4 is 0 Å². The summed E-state index contributed by atoms with van der Waals surface area (Å²) in [5.41, 5.74) is 1.17. The molecule has 23 heavy (non-hydrogen) atoms. The smallest absolute Gasteiger partial charge is 0.223 e. The summed E-state index contributed by atoms with van der Waals surface area (Å²) < 4.78 is 0. The molecule has 0 N–H and O–H groups in total. The first kappa shape index (κ1) is 14.8.